The third-order valence-corrected chi connectivity index (χ3v) is 7.13. The normalized spacial score (nSPS) is 29.5. The summed E-state index contributed by atoms with van der Waals surface area (Å²) in [5.74, 6) is 1.24. The first-order chi connectivity index (χ1) is 12.2. The average molecular weight is 389 g/mol. The molecule has 7 nitrogen and oxygen atoms in total. The van der Waals surface area contributed by atoms with Crippen LogP contribution >= 0.6 is 0 Å². The monoisotopic (exact) mass is 388 g/mol. The van der Waals surface area contributed by atoms with Crippen molar-refractivity contribution in [3.8, 4) is 0 Å². The number of aliphatic hydroxyl groups is 1. The van der Waals surface area contributed by atoms with Crippen LogP contribution in [0.4, 0.5) is 0 Å². The Morgan fingerprint density at radius 3 is 2.50 bits per heavy atom. The molecule has 1 heterocycles. The SMILES string of the molecule is CCNC(=NCC1(C)CCCCC1O)NCC1CCN(S(C)(=O)=O)CC1. The van der Waals surface area contributed by atoms with Crippen LogP contribution < -0.4 is 10.6 Å². The third-order valence-electron chi connectivity index (χ3n) is 5.82. The van der Waals surface area contributed by atoms with E-state index in [1.807, 2.05) is 6.92 Å². The van der Waals surface area contributed by atoms with Gasteiger partial charge in [-0.25, -0.2) is 12.7 Å². The summed E-state index contributed by atoms with van der Waals surface area (Å²) >= 11 is 0. The van der Waals surface area contributed by atoms with Gasteiger partial charge >= 0.3 is 0 Å². The number of nitrogens with one attached hydrogen (secondary N) is 2. The van der Waals surface area contributed by atoms with Gasteiger partial charge in [0.2, 0.25) is 10.0 Å². The number of aliphatic hydroxyl groups excluding tert-OH is 1. The second kappa shape index (κ2) is 9.37. The first-order valence-corrected chi connectivity index (χ1v) is 11.7. The van der Waals surface area contributed by atoms with Crippen LogP contribution in [0.2, 0.25) is 0 Å². The van der Waals surface area contributed by atoms with E-state index in [-0.39, 0.29) is 11.5 Å². The summed E-state index contributed by atoms with van der Waals surface area (Å²) in [6.07, 6.45) is 6.89. The van der Waals surface area contributed by atoms with Crippen molar-refractivity contribution in [2.75, 3.05) is 39.0 Å². The molecule has 0 aromatic carbocycles. The van der Waals surface area contributed by atoms with Crippen molar-refractivity contribution in [1.29, 1.82) is 0 Å². The zero-order valence-corrected chi connectivity index (χ0v) is 17.3. The van der Waals surface area contributed by atoms with Gasteiger partial charge in [-0.1, -0.05) is 19.8 Å². The number of hydrogen-bond donors (Lipinski definition) is 3. The van der Waals surface area contributed by atoms with Gasteiger partial charge in [-0.15, -0.1) is 0 Å². The van der Waals surface area contributed by atoms with Crippen LogP contribution in [0.1, 0.15) is 52.4 Å². The summed E-state index contributed by atoms with van der Waals surface area (Å²) in [5.41, 5.74) is -0.137. The lowest BCUT2D eigenvalue weighted by atomic mass is 9.73. The Bertz CT molecular complexity index is 573. The summed E-state index contributed by atoms with van der Waals surface area (Å²) in [7, 11) is -3.07. The molecule has 2 rings (SSSR count). The molecule has 1 aliphatic carbocycles. The zero-order valence-electron chi connectivity index (χ0n) is 16.5. The molecule has 0 amide bonds. The second-order valence-electron chi connectivity index (χ2n) is 8.10. The maximum Gasteiger partial charge on any atom is 0.211 e. The molecule has 0 aromatic rings. The predicted octanol–water partition coefficient (Wildman–Crippen LogP) is 1.15. The summed E-state index contributed by atoms with van der Waals surface area (Å²) < 4.78 is 24.8. The van der Waals surface area contributed by atoms with E-state index in [9.17, 15) is 13.5 Å². The number of guanidine groups is 1. The van der Waals surface area contributed by atoms with Gasteiger partial charge in [-0.05, 0) is 38.5 Å². The van der Waals surface area contributed by atoms with E-state index in [1.165, 1.54) is 6.26 Å². The van der Waals surface area contributed by atoms with E-state index in [4.69, 9.17) is 4.99 Å². The topological polar surface area (TPSA) is 94.0 Å². The largest absolute Gasteiger partial charge is 0.392 e. The lowest BCUT2D eigenvalue weighted by molar-refractivity contribution is 0.00716. The molecule has 152 valence electrons. The summed E-state index contributed by atoms with van der Waals surface area (Å²) in [4.78, 5) is 4.73. The lowest BCUT2D eigenvalue weighted by Crippen LogP contribution is -2.45. The summed E-state index contributed by atoms with van der Waals surface area (Å²) in [6, 6.07) is 0. The Labute approximate surface area is 158 Å². The van der Waals surface area contributed by atoms with Crippen LogP contribution in [0.3, 0.4) is 0 Å². The number of hydrogen-bond acceptors (Lipinski definition) is 4. The molecule has 0 bridgehead atoms. The molecule has 1 saturated heterocycles. The van der Waals surface area contributed by atoms with Crippen molar-refractivity contribution in [2.45, 2.75) is 58.5 Å². The molecule has 0 spiro atoms. The highest BCUT2D eigenvalue weighted by Crippen LogP contribution is 2.36. The third kappa shape index (κ3) is 6.09. The maximum atomic E-state index is 11.6. The Balaban J connectivity index is 1.84. The number of rotatable bonds is 6. The lowest BCUT2D eigenvalue weighted by Gasteiger charge is -2.37. The van der Waals surface area contributed by atoms with Crippen LogP contribution in [0.15, 0.2) is 4.99 Å². The van der Waals surface area contributed by atoms with Gasteiger partial charge in [0, 0.05) is 31.6 Å². The van der Waals surface area contributed by atoms with Crippen molar-refractivity contribution < 1.29 is 13.5 Å². The van der Waals surface area contributed by atoms with E-state index in [1.54, 1.807) is 4.31 Å². The minimum absolute atomic E-state index is 0.137. The average Bonchev–Trinajstić information content (AvgIpc) is 2.60. The molecule has 1 saturated carbocycles. The summed E-state index contributed by atoms with van der Waals surface area (Å²) in [6.45, 7) is 7.58. The molecule has 26 heavy (non-hydrogen) atoms. The van der Waals surface area contributed by atoms with E-state index >= 15 is 0 Å². The van der Waals surface area contributed by atoms with Crippen LogP contribution in [-0.2, 0) is 10.0 Å². The van der Waals surface area contributed by atoms with E-state index in [0.29, 0.717) is 25.6 Å². The first-order valence-electron chi connectivity index (χ1n) is 9.90. The molecule has 0 aromatic heterocycles. The van der Waals surface area contributed by atoms with Crippen LogP contribution in [0.5, 0.6) is 0 Å². The quantitative estimate of drug-likeness (QED) is 0.469. The molecule has 2 aliphatic rings. The van der Waals surface area contributed by atoms with Crippen LogP contribution in [-0.4, -0.2) is 68.9 Å². The summed E-state index contributed by atoms with van der Waals surface area (Å²) in [5, 5.41) is 17.0. The van der Waals surface area contributed by atoms with E-state index in [2.05, 4.69) is 17.6 Å². The fourth-order valence-electron chi connectivity index (χ4n) is 3.85. The molecule has 2 unspecified atom stereocenters. The Morgan fingerprint density at radius 2 is 1.92 bits per heavy atom. The molecular formula is C18H36N4O3S. The minimum atomic E-state index is -3.07. The van der Waals surface area contributed by atoms with Crippen molar-refractivity contribution in [3.63, 3.8) is 0 Å². The second-order valence-corrected chi connectivity index (χ2v) is 10.1. The van der Waals surface area contributed by atoms with Gasteiger partial charge in [0.25, 0.3) is 0 Å². The molecular weight excluding hydrogens is 352 g/mol. The molecule has 2 fully saturated rings. The molecule has 8 heteroatoms. The molecule has 2 atom stereocenters. The highest BCUT2D eigenvalue weighted by Gasteiger charge is 2.35. The zero-order chi connectivity index (χ0) is 19.2. The highest BCUT2D eigenvalue weighted by atomic mass is 32.2. The number of aliphatic imine (C=N–C) groups is 1. The van der Waals surface area contributed by atoms with Gasteiger partial charge in [0.05, 0.1) is 18.9 Å². The van der Waals surface area contributed by atoms with Crippen LogP contribution in [0.25, 0.3) is 0 Å². The van der Waals surface area contributed by atoms with Crippen molar-refractivity contribution in [2.24, 2.45) is 16.3 Å². The standard InChI is InChI=1S/C18H36N4O3S/c1-4-19-17(21-14-18(2)10-6-5-7-16(18)23)20-13-15-8-11-22(12-9-15)26(3,24)25/h15-16,23H,4-14H2,1-3H3,(H2,19,20,21). The maximum absolute atomic E-state index is 11.6. The fourth-order valence-corrected chi connectivity index (χ4v) is 4.73. The fraction of sp³-hybridized carbons (Fsp3) is 0.944. The van der Waals surface area contributed by atoms with E-state index in [0.717, 1.165) is 57.6 Å². The number of nitrogens with zero attached hydrogens (tertiary/aromatic N) is 2. The predicted molar refractivity (Wildman–Crippen MR) is 106 cm³/mol. The van der Waals surface area contributed by atoms with Gasteiger partial charge in [0.15, 0.2) is 5.96 Å². The minimum Gasteiger partial charge on any atom is -0.392 e. The van der Waals surface area contributed by atoms with Gasteiger partial charge in [0.1, 0.15) is 0 Å². The number of sulfonamides is 1. The van der Waals surface area contributed by atoms with Crippen molar-refractivity contribution >= 4 is 16.0 Å². The Kier molecular flexibility index (Phi) is 7.73. The Morgan fingerprint density at radius 1 is 1.23 bits per heavy atom. The Hall–Kier alpha value is -0.860. The van der Waals surface area contributed by atoms with Gasteiger partial charge in [-0.2, -0.15) is 0 Å². The van der Waals surface area contributed by atoms with Crippen molar-refractivity contribution in [3.05, 3.63) is 0 Å². The van der Waals surface area contributed by atoms with E-state index < -0.39 is 10.0 Å². The first kappa shape index (κ1) is 21.4. The van der Waals surface area contributed by atoms with Gasteiger partial charge < -0.3 is 15.7 Å². The van der Waals surface area contributed by atoms with Crippen molar-refractivity contribution in [1.82, 2.24) is 14.9 Å². The molecule has 3 N–H and O–H groups in total. The van der Waals surface area contributed by atoms with Crippen LogP contribution in [0, 0.1) is 11.3 Å². The molecule has 0 radical (unpaired) electrons. The number of piperidine rings is 1. The van der Waals surface area contributed by atoms with Gasteiger partial charge in [-0.3, -0.25) is 4.99 Å². The smallest absolute Gasteiger partial charge is 0.211 e. The highest BCUT2D eigenvalue weighted by molar-refractivity contribution is 7.88. The molecule has 1 aliphatic heterocycles.